The predicted octanol–water partition coefficient (Wildman–Crippen LogP) is 9.49. The zero-order chi connectivity index (χ0) is 46.9. The molecule has 13 nitrogen and oxygen atoms in total. The highest BCUT2D eigenvalue weighted by molar-refractivity contribution is 9.09. The summed E-state index contributed by atoms with van der Waals surface area (Å²) in [5.41, 5.74) is 8.30. The summed E-state index contributed by atoms with van der Waals surface area (Å²) >= 11 is 3.28. The largest absolute Gasteiger partial charge is 0.465 e. The van der Waals surface area contributed by atoms with Gasteiger partial charge in [-0.15, -0.1) is 16.6 Å². The maximum absolute atomic E-state index is 12.4. The summed E-state index contributed by atoms with van der Waals surface area (Å²) < 4.78 is 13.1. The minimum Gasteiger partial charge on any atom is -0.465 e. The average Bonchev–Trinajstić information content (AvgIpc) is 4.08. The molecule has 0 fully saturated rings. The molecule has 334 valence electrons. The normalized spacial score (nSPS) is 11.4. The molecular formula is C52H48BrN7O6. The molecule has 8 rings (SSSR count). The average molecular weight is 947 g/mol. The van der Waals surface area contributed by atoms with Gasteiger partial charge in [-0.05, 0) is 42.7 Å². The lowest BCUT2D eigenvalue weighted by atomic mass is 10.1. The molecule has 3 unspecified atom stereocenters. The van der Waals surface area contributed by atoms with E-state index in [1.165, 1.54) is 4.68 Å². The van der Waals surface area contributed by atoms with Crippen molar-refractivity contribution >= 4 is 33.8 Å². The molecule has 0 aliphatic rings. The zero-order valence-electron chi connectivity index (χ0n) is 36.2. The lowest BCUT2D eigenvalue weighted by molar-refractivity contribution is -0.146. The standard InChI is InChI=1S/C18H17N3O2.C16H14N4O2.C10H11BrO2.C8H6/c1-2-23-18(22)17(15-11-7-4-8-12-15)21-13-16(19-20-21)14-9-5-3-6-10-14;21-16(18-22)15(13-9-5-2-6-10-13)20-11-14(17-19-20)12-7-3-1-4-8-12;1-2-13-10(12)9(11)8-6-4-3-5-7-8;1-2-8-6-4-3-5-7-8/h3-13,17H,2H2,1H3;1-11,15,22H,(H,18,21);3-7,9H,2H2,1H3;1,3-7H. The molecule has 0 saturated carbocycles. The van der Waals surface area contributed by atoms with Crippen LogP contribution in [0.15, 0.2) is 194 Å². The van der Waals surface area contributed by atoms with Crippen molar-refractivity contribution in [2.24, 2.45) is 0 Å². The number of carbonyl (C=O) groups is 3. The van der Waals surface area contributed by atoms with Gasteiger partial charge in [0.05, 0.1) is 25.6 Å². The van der Waals surface area contributed by atoms with Gasteiger partial charge in [0.15, 0.2) is 12.1 Å². The maximum Gasteiger partial charge on any atom is 0.335 e. The van der Waals surface area contributed by atoms with E-state index in [1.807, 2.05) is 170 Å². The lowest BCUT2D eigenvalue weighted by Gasteiger charge is -2.15. The van der Waals surface area contributed by atoms with Gasteiger partial charge in [-0.3, -0.25) is 14.8 Å². The number of ether oxygens (including phenoxy) is 2. The van der Waals surface area contributed by atoms with Gasteiger partial charge in [0.25, 0.3) is 5.91 Å². The van der Waals surface area contributed by atoms with E-state index < -0.39 is 18.0 Å². The number of esters is 2. The number of terminal acetylenes is 1. The molecule has 0 spiro atoms. The highest BCUT2D eigenvalue weighted by Gasteiger charge is 2.26. The number of halogens is 1. The Balaban J connectivity index is 0.000000176. The van der Waals surface area contributed by atoms with Gasteiger partial charge >= 0.3 is 11.9 Å². The van der Waals surface area contributed by atoms with Crippen molar-refractivity contribution < 1.29 is 29.1 Å². The molecule has 2 aromatic heterocycles. The van der Waals surface area contributed by atoms with Crippen LogP contribution in [-0.4, -0.2) is 66.3 Å². The van der Waals surface area contributed by atoms with Crippen LogP contribution in [0.5, 0.6) is 0 Å². The maximum atomic E-state index is 12.4. The van der Waals surface area contributed by atoms with Crippen molar-refractivity contribution in [2.75, 3.05) is 13.2 Å². The first-order valence-corrected chi connectivity index (χ1v) is 21.7. The summed E-state index contributed by atoms with van der Waals surface area (Å²) in [4.78, 5) is 35.3. The number of nitrogens with one attached hydrogen (secondary N) is 1. The molecule has 6 aromatic carbocycles. The number of rotatable bonds is 12. The third kappa shape index (κ3) is 14.5. The highest BCUT2D eigenvalue weighted by atomic mass is 79.9. The van der Waals surface area contributed by atoms with E-state index in [1.54, 1.807) is 48.5 Å². The molecule has 1 amide bonds. The van der Waals surface area contributed by atoms with E-state index in [2.05, 4.69) is 42.5 Å². The number of hydroxylamine groups is 1. The first-order valence-electron chi connectivity index (χ1n) is 20.8. The fourth-order valence-electron chi connectivity index (χ4n) is 6.17. The SMILES string of the molecule is C#Cc1ccccc1.CCOC(=O)C(Br)c1ccccc1.CCOC(=O)C(c1ccccc1)n1cc(-c2ccccc2)nn1.O=C(NO)C(c1ccccc1)n1cc(-c2ccccc2)nn1. The second-order valence-corrected chi connectivity index (χ2v) is 14.7. The summed E-state index contributed by atoms with van der Waals surface area (Å²) in [6, 6.07) is 55.5. The summed E-state index contributed by atoms with van der Waals surface area (Å²) in [5, 5.41) is 25.4. The number of hydrogen-bond donors (Lipinski definition) is 2. The molecule has 0 aliphatic heterocycles. The van der Waals surface area contributed by atoms with E-state index >= 15 is 0 Å². The van der Waals surface area contributed by atoms with Crippen LogP contribution < -0.4 is 5.48 Å². The van der Waals surface area contributed by atoms with Gasteiger partial charge in [0.1, 0.15) is 16.2 Å². The fourth-order valence-corrected chi connectivity index (χ4v) is 6.61. The first-order chi connectivity index (χ1) is 32.3. The Kier molecular flexibility index (Phi) is 19.8. The van der Waals surface area contributed by atoms with E-state index in [0.29, 0.717) is 24.5 Å². The van der Waals surface area contributed by atoms with E-state index in [0.717, 1.165) is 33.5 Å². The predicted molar refractivity (Wildman–Crippen MR) is 256 cm³/mol. The van der Waals surface area contributed by atoms with Gasteiger partial charge in [-0.1, -0.05) is 202 Å². The Hall–Kier alpha value is -7.99. The zero-order valence-corrected chi connectivity index (χ0v) is 37.8. The van der Waals surface area contributed by atoms with Crippen molar-refractivity contribution in [3.8, 4) is 34.9 Å². The second-order valence-electron chi connectivity index (χ2n) is 13.8. The second kappa shape index (κ2) is 26.6. The Morgan fingerprint density at radius 1 is 0.576 bits per heavy atom. The molecule has 2 heterocycles. The number of nitrogens with zero attached hydrogens (tertiary/aromatic N) is 6. The molecule has 0 saturated heterocycles. The minimum absolute atomic E-state index is 0.242. The fraction of sp³-hybridized carbons (Fsp3) is 0.135. The monoisotopic (exact) mass is 945 g/mol. The van der Waals surface area contributed by atoms with Gasteiger partial charge in [0, 0.05) is 16.7 Å². The number of amides is 1. The third-order valence-electron chi connectivity index (χ3n) is 9.31. The van der Waals surface area contributed by atoms with Crippen LogP contribution in [-0.2, 0) is 23.9 Å². The molecular weight excluding hydrogens is 899 g/mol. The van der Waals surface area contributed by atoms with Crippen LogP contribution in [0.2, 0.25) is 0 Å². The van der Waals surface area contributed by atoms with Crippen LogP contribution >= 0.6 is 15.9 Å². The van der Waals surface area contributed by atoms with Crippen molar-refractivity contribution in [1.29, 1.82) is 0 Å². The molecule has 2 N–H and O–H groups in total. The topological polar surface area (TPSA) is 163 Å². The Bertz CT molecular complexity index is 2700. The Morgan fingerprint density at radius 2 is 0.939 bits per heavy atom. The Labute approximate surface area is 392 Å². The van der Waals surface area contributed by atoms with E-state index in [9.17, 15) is 14.4 Å². The van der Waals surface area contributed by atoms with Crippen LogP contribution in [0.25, 0.3) is 22.5 Å². The summed E-state index contributed by atoms with van der Waals surface area (Å²) in [6.07, 6.45) is 8.55. The van der Waals surface area contributed by atoms with Crippen molar-refractivity contribution in [3.63, 3.8) is 0 Å². The molecule has 66 heavy (non-hydrogen) atoms. The van der Waals surface area contributed by atoms with Crippen LogP contribution in [0.4, 0.5) is 0 Å². The lowest BCUT2D eigenvalue weighted by Crippen LogP contribution is -2.31. The number of hydrogen-bond acceptors (Lipinski definition) is 10. The van der Waals surface area contributed by atoms with Crippen molar-refractivity contribution in [1.82, 2.24) is 35.5 Å². The van der Waals surface area contributed by atoms with Crippen LogP contribution in [0.3, 0.4) is 0 Å². The summed E-state index contributed by atoms with van der Waals surface area (Å²) in [7, 11) is 0. The molecule has 8 aromatic rings. The molecule has 0 aliphatic carbocycles. The molecule has 0 bridgehead atoms. The highest BCUT2D eigenvalue weighted by Crippen LogP contribution is 2.25. The van der Waals surface area contributed by atoms with Crippen LogP contribution in [0, 0.1) is 12.3 Å². The van der Waals surface area contributed by atoms with E-state index in [4.69, 9.17) is 21.1 Å². The first kappa shape index (κ1) is 49.0. The number of benzene rings is 6. The number of carbonyl (C=O) groups excluding carboxylic acids is 3. The van der Waals surface area contributed by atoms with Gasteiger partial charge < -0.3 is 9.47 Å². The Morgan fingerprint density at radius 3 is 1.33 bits per heavy atom. The molecule has 0 radical (unpaired) electrons. The summed E-state index contributed by atoms with van der Waals surface area (Å²) in [5.74, 6) is 1.37. The van der Waals surface area contributed by atoms with Gasteiger partial charge in [0.2, 0.25) is 0 Å². The summed E-state index contributed by atoms with van der Waals surface area (Å²) in [6.45, 7) is 4.31. The number of alkyl halides is 1. The number of aromatic nitrogens is 6. The smallest absolute Gasteiger partial charge is 0.335 e. The van der Waals surface area contributed by atoms with Crippen molar-refractivity contribution in [3.05, 3.63) is 217 Å². The minimum atomic E-state index is -0.781. The van der Waals surface area contributed by atoms with Gasteiger partial charge in [-0.25, -0.2) is 19.6 Å². The molecule has 3 atom stereocenters. The van der Waals surface area contributed by atoms with Crippen molar-refractivity contribution in [2.45, 2.75) is 30.8 Å². The van der Waals surface area contributed by atoms with Gasteiger partial charge in [-0.2, -0.15) is 0 Å². The quantitative estimate of drug-likeness (QED) is 0.0397. The third-order valence-corrected chi connectivity index (χ3v) is 10.2. The molecule has 14 heteroatoms. The van der Waals surface area contributed by atoms with Crippen LogP contribution in [0.1, 0.15) is 53.0 Å². The van der Waals surface area contributed by atoms with E-state index in [-0.39, 0.29) is 16.8 Å².